The molecule has 43 heavy (non-hydrogen) atoms. The van der Waals surface area contributed by atoms with E-state index in [1.807, 2.05) is 6.92 Å². The number of phenols is 1. The number of ketones is 2. The zero-order valence-corrected chi connectivity index (χ0v) is 24.3. The summed E-state index contributed by atoms with van der Waals surface area (Å²) in [7, 11) is 2.92. The molecule has 3 aliphatic rings. The molecule has 1 amide bonds. The zero-order valence-electron chi connectivity index (χ0n) is 24.3. The highest BCUT2D eigenvalue weighted by molar-refractivity contribution is 6.25. The Morgan fingerprint density at radius 3 is 2.33 bits per heavy atom. The van der Waals surface area contributed by atoms with Crippen molar-refractivity contribution < 1.29 is 53.9 Å². The van der Waals surface area contributed by atoms with Gasteiger partial charge in [-0.25, -0.2) is 0 Å². The van der Waals surface area contributed by atoms with Gasteiger partial charge >= 0.3 is 11.9 Å². The third kappa shape index (κ3) is 5.06. The molecular weight excluding hydrogens is 564 g/mol. The van der Waals surface area contributed by atoms with E-state index < -0.39 is 99.7 Å². The largest absolute Gasteiger partial charge is 0.510 e. The van der Waals surface area contributed by atoms with Crippen LogP contribution in [0.5, 0.6) is 5.75 Å². The average molecular weight is 601 g/mol. The molecular formula is C30H36N2O11. The summed E-state index contributed by atoms with van der Waals surface area (Å²) in [5.74, 6) is -11.2. The first-order chi connectivity index (χ1) is 20.2. The van der Waals surface area contributed by atoms with Gasteiger partial charge in [-0.1, -0.05) is 32.4 Å². The minimum absolute atomic E-state index is 0.171. The first kappa shape index (κ1) is 31.7. The van der Waals surface area contributed by atoms with Gasteiger partial charge in [0, 0.05) is 11.5 Å². The Kier molecular flexibility index (Phi) is 8.70. The maximum absolute atomic E-state index is 13.9. The molecule has 232 valence electrons. The van der Waals surface area contributed by atoms with Gasteiger partial charge in [-0.15, -0.1) is 0 Å². The fourth-order valence-electron chi connectivity index (χ4n) is 6.51. The Balaban J connectivity index is 1.89. The number of fused-ring (bicyclic) bond motifs is 3. The van der Waals surface area contributed by atoms with E-state index in [0.717, 1.165) is 6.42 Å². The number of carbonyl (C=O) groups is 5. The van der Waals surface area contributed by atoms with Crippen LogP contribution in [0, 0.1) is 11.8 Å². The second-order valence-corrected chi connectivity index (χ2v) is 11.3. The standard InChI is InChI=1S/C30H36N2O11/c1-5-6-12-42-16(34)10-11-17(35)43-26-18-13(2)14-8-7-9-15(33)19(14)24(36)20(18)27(38)30(41)22(26)23(32(3)4)25(37)21(28(30)39)29(31)40/h7-9,13,18,22-23,26,33,37-38,41H,5-6,10-12H2,1-4H3,(H2,31,40). The molecule has 13 nitrogen and oxygen atoms in total. The molecule has 0 fully saturated rings. The van der Waals surface area contributed by atoms with Crippen molar-refractivity contribution >= 4 is 29.4 Å². The molecule has 0 bridgehead atoms. The summed E-state index contributed by atoms with van der Waals surface area (Å²) in [6.45, 7) is 3.76. The van der Waals surface area contributed by atoms with Crippen LogP contribution in [0.15, 0.2) is 40.9 Å². The van der Waals surface area contributed by atoms with Crippen LogP contribution in [0.2, 0.25) is 0 Å². The molecule has 6 N–H and O–H groups in total. The fraction of sp³-hybridized carbons (Fsp3) is 0.500. The number of aromatic hydroxyl groups is 1. The van der Waals surface area contributed by atoms with Crippen molar-refractivity contribution in [3.8, 4) is 5.75 Å². The highest BCUT2D eigenvalue weighted by Gasteiger charge is 2.68. The summed E-state index contributed by atoms with van der Waals surface area (Å²) in [5, 5.41) is 45.3. The number of Topliss-reactive ketones (excluding diaryl/α,β-unsaturated/α-hetero) is 2. The van der Waals surface area contributed by atoms with Crippen LogP contribution in [0.4, 0.5) is 0 Å². The van der Waals surface area contributed by atoms with E-state index in [1.165, 1.54) is 31.1 Å². The number of rotatable bonds is 9. The number of benzene rings is 1. The third-order valence-electron chi connectivity index (χ3n) is 8.53. The van der Waals surface area contributed by atoms with Crippen molar-refractivity contribution in [1.29, 1.82) is 0 Å². The number of nitrogens with zero attached hydrogens (tertiary/aromatic N) is 1. The van der Waals surface area contributed by atoms with E-state index in [9.17, 15) is 44.4 Å². The summed E-state index contributed by atoms with van der Waals surface area (Å²) in [6.07, 6.45) is -0.887. The highest BCUT2D eigenvalue weighted by Crippen LogP contribution is 2.56. The van der Waals surface area contributed by atoms with E-state index in [4.69, 9.17) is 15.2 Å². The van der Waals surface area contributed by atoms with Gasteiger partial charge < -0.3 is 35.6 Å². The zero-order chi connectivity index (χ0) is 32.0. The predicted molar refractivity (Wildman–Crippen MR) is 149 cm³/mol. The number of nitrogens with two attached hydrogens (primary N) is 1. The molecule has 13 heteroatoms. The Morgan fingerprint density at radius 1 is 1.07 bits per heavy atom. The number of carbonyl (C=O) groups excluding carboxylic acids is 5. The molecule has 3 aliphatic carbocycles. The van der Waals surface area contributed by atoms with Crippen LogP contribution < -0.4 is 5.73 Å². The van der Waals surface area contributed by atoms with Gasteiger partial charge in [0.05, 0.1) is 37.0 Å². The number of hydrogen-bond acceptors (Lipinski definition) is 12. The first-order valence-electron chi connectivity index (χ1n) is 14.0. The second-order valence-electron chi connectivity index (χ2n) is 11.3. The highest BCUT2D eigenvalue weighted by atomic mass is 16.5. The molecule has 1 aromatic rings. The molecule has 0 heterocycles. The van der Waals surface area contributed by atoms with E-state index in [0.29, 0.717) is 12.0 Å². The van der Waals surface area contributed by atoms with Crippen molar-refractivity contribution in [3.63, 3.8) is 0 Å². The molecule has 0 radical (unpaired) electrons. The monoisotopic (exact) mass is 600 g/mol. The van der Waals surface area contributed by atoms with Gasteiger partial charge in [0.1, 0.15) is 28.9 Å². The lowest BCUT2D eigenvalue weighted by Gasteiger charge is -2.54. The molecule has 6 unspecified atom stereocenters. The lowest BCUT2D eigenvalue weighted by atomic mass is 9.55. The Hall–Kier alpha value is -4.23. The van der Waals surface area contributed by atoms with Gasteiger partial charge in [0.2, 0.25) is 5.78 Å². The molecule has 0 saturated heterocycles. The summed E-state index contributed by atoms with van der Waals surface area (Å²) in [5.41, 5.74) is 1.06. The van der Waals surface area contributed by atoms with Gasteiger partial charge in [-0.05, 0) is 38.1 Å². The van der Waals surface area contributed by atoms with Crippen molar-refractivity contribution in [1.82, 2.24) is 4.90 Å². The van der Waals surface area contributed by atoms with Crippen molar-refractivity contribution in [2.24, 2.45) is 17.6 Å². The lowest BCUT2D eigenvalue weighted by Crippen LogP contribution is -2.69. The normalized spacial score (nSPS) is 28.3. The Bertz CT molecular complexity index is 1450. The maximum atomic E-state index is 13.9. The van der Waals surface area contributed by atoms with Gasteiger partial charge in [-0.3, -0.25) is 28.9 Å². The molecule has 6 atom stereocenters. The molecule has 0 saturated carbocycles. The number of ether oxygens (including phenoxy) is 2. The number of aliphatic hydroxyl groups is 3. The SMILES string of the molecule is CCCCOC(=O)CCC(=O)OC1C2C(=C(O)C3(O)C(=O)C(C(N)=O)=C(O)C(N(C)C)C13)C(=O)c1c(O)cccc1C2C. The molecule has 0 aliphatic heterocycles. The van der Waals surface area contributed by atoms with Crippen LogP contribution in [-0.4, -0.2) is 93.2 Å². The Morgan fingerprint density at radius 2 is 1.72 bits per heavy atom. The van der Waals surface area contributed by atoms with E-state index >= 15 is 0 Å². The van der Waals surface area contributed by atoms with Crippen LogP contribution >= 0.6 is 0 Å². The number of aliphatic hydroxyl groups excluding tert-OH is 2. The summed E-state index contributed by atoms with van der Waals surface area (Å²) >= 11 is 0. The minimum Gasteiger partial charge on any atom is -0.510 e. The topological polar surface area (TPSA) is 214 Å². The minimum atomic E-state index is -3.04. The van der Waals surface area contributed by atoms with E-state index in [2.05, 4.69) is 0 Å². The van der Waals surface area contributed by atoms with Gasteiger partial charge in [0.15, 0.2) is 11.4 Å². The number of likely N-dealkylation sites (N-methyl/N-ethyl adjacent to an activating group) is 1. The van der Waals surface area contributed by atoms with Crippen LogP contribution in [-0.2, 0) is 28.7 Å². The number of hydrogen-bond donors (Lipinski definition) is 5. The van der Waals surface area contributed by atoms with Crippen molar-refractivity contribution in [3.05, 3.63) is 52.0 Å². The smallest absolute Gasteiger partial charge is 0.306 e. The predicted octanol–water partition coefficient (Wildman–Crippen LogP) is 1.33. The molecule has 4 rings (SSSR count). The Labute approximate surface area is 247 Å². The number of amides is 1. The number of primary amides is 1. The van der Waals surface area contributed by atoms with E-state index in [-0.39, 0.29) is 18.6 Å². The fourth-order valence-corrected chi connectivity index (χ4v) is 6.51. The van der Waals surface area contributed by atoms with Crippen LogP contribution in [0.1, 0.15) is 61.4 Å². The van der Waals surface area contributed by atoms with Crippen molar-refractivity contribution in [2.45, 2.75) is 63.2 Å². The summed E-state index contributed by atoms with van der Waals surface area (Å²) in [6, 6.07) is 2.95. The molecule has 0 aromatic heterocycles. The first-order valence-corrected chi connectivity index (χ1v) is 14.0. The van der Waals surface area contributed by atoms with Gasteiger partial charge in [-0.2, -0.15) is 0 Å². The number of phenolic OH excluding ortho intramolecular Hbond substituents is 1. The number of esters is 2. The average Bonchev–Trinajstić information content (AvgIpc) is 2.93. The van der Waals surface area contributed by atoms with Crippen LogP contribution in [0.25, 0.3) is 0 Å². The van der Waals surface area contributed by atoms with Gasteiger partial charge in [0.25, 0.3) is 5.91 Å². The quantitative estimate of drug-likeness (QED) is 0.154. The van der Waals surface area contributed by atoms with Crippen LogP contribution in [0.3, 0.4) is 0 Å². The lowest BCUT2D eigenvalue weighted by molar-refractivity contribution is -0.181. The molecule has 0 spiro atoms. The second kappa shape index (κ2) is 11.8. The van der Waals surface area contributed by atoms with Crippen molar-refractivity contribution in [2.75, 3.05) is 20.7 Å². The summed E-state index contributed by atoms with van der Waals surface area (Å²) in [4.78, 5) is 66.6. The third-order valence-corrected chi connectivity index (χ3v) is 8.53. The summed E-state index contributed by atoms with van der Waals surface area (Å²) < 4.78 is 10.9. The maximum Gasteiger partial charge on any atom is 0.306 e. The van der Waals surface area contributed by atoms with E-state index in [1.54, 1.807) is 13.0 Å². The molecule has 1 aromatic carbocycles. The number of unbranched alkanes of at least 4 members (excludes halogenated alkanes) is 1.